The fourth-order valence-electron chi connectivity index (χ4n) is 2.26. The lowest BCUT2D eigenvalue weighted by atomic mass is 10.2. The molecule has 27 heavy (non-hydrogen) atoms. The molecule has 1 aromatic carbocycles. The summed E-state index contributed by atoms with van der Waals surface area (Å²) in [5, 5.41) is 3.94. The molecule has 0 N–H and O–H groups in total. The van der Waals surface area contributed by atoms with Crippen LogP contribution in [0.25, 0.3) is 23.0 Å². The summed E-state index contributed by atoms with van der Waals surface area (Å²) in [6.07, 6.45) is 2.76. The monoisotopic (exact) mass is 367 g/mol. The van der Waals surface area contributed by atoms with Crippen LogP contribution in [0.1, 0.15) is 16.4 Å². The van der Waals surface area contributed by atoms with Crippen molar-refractivity contribution in [3.05, 3.63) is 60.5 Å². The van der Waals surface area contributed by atoms with Crippen molar-refractivity contribution in [2.24, 2.45) is 0 Å². The molecule has 0 fully saturated rings. The molecule has 4 aromatic rings. The Morgan fingerprint density at radius 3 is 2.70 bits per heavy atom. The van der Waals surface area contributed by atoms with Gasteiger partial charge in [0, 0.05) is 5.56 Å². The Morgan fingerprint density at radius 2 is 1.96 bits per heavy atom. The molecule has 3 heterocycles. The molecular weight excluding hydrogens is 354 g/mol. The van der Waals surface area contributed by atoms with Gasteiger partial charge in [0.15, 0.2) is 18.1 Å². The van der Waals surface area contributed by atoms with Crippen molar-refractivity contribution in [3.8, 4) is 28.8 Å². The van der Waals surface area contributed by atoms with Crippen LogP contribution in [0.15, 0.2) is 62.3 Å². The molecule has 0 atom stereocenters. The molecule has 0 amide bonds. The summed E-state index contributed by atoms with van der Waals surface area (Å²) >= 11 is 0. The molecule has 4 rings (SSSR count). The number of ether oxygens (including phenoxy) is 2. The zero-order valence-corrected chi connectivity index (χ0v) is 14.1. The maximum atomic E-state index is 11.3. The van der Waals surface area contributed by atoms with Gasteiger partial charge >= 0.3 is 5.97 Å². The number of oxazole rings is 1. The maximum Gasteiger partial charge on any atom is 0.360 e. The second kappa shape index (κ2) is 7.16. The van der Waals surface area contributed by atoms with Crippen LogP contribution in [0.2, 0.25) is 0 Å². The average Bonchev–Trinajstić information content (AvgIpc) is 3.47. The first-order valence-electron chi connectivity index (χ1n) is 7.86. The Bertz CT molecular complexity index is 1030. The van der Waals surface area contributed by atoms with E-state index in [1.54, 1.807) is 36.4 Å². The molecular formula is C18H13N3O6. The second-order valence-electron chi connectivity index (χ2n) is 5.33. The lowest BCUT2D eigenvalue weighted by molar-refractivity contribution is 0.0594. The summed E-state index contributed by atoms with van der Waals surface area (Å²) in [7, 11) is 1.27. The van der Waals surface area contributed by atoms with E-state index < -0.39 is 5.97 Å². The first-order chi connectivity index (χ1) is 13.2. The minimum Gasteiger partial charge on any atom is -0.484 e. The number of furan rings is 1. The third kappa shape index (κ3) is 3.56. The predicted octanol–water partition coefficient (Wildman–Crippen LogP) is 3.35. The highest BCUT2D eigenvalue weighted by Crippen LogP contribution is 2.24. The van der Waals surface area contributed by atoms with Gasteiger partial charge in [-0.05, 0) is 36.4 Å². The molecule has 0 spiro atoms. The fraction of sp³-hybridized carbons (Fsp3) is 0.111. The highest BCUT2D eigenvalue weighted by Gasteiger charge is 2.14. The van der Waals surface area contributed by atoms with Gasteiger partial charge in [-0.15, -0.1) is 0 Å². The number of nitrogens with zero attached hydrogens (tertiary/aromatic N) is 3. The molecule has 0 saturated heterocycles. The number of carbonyl (C=O) groups excluding carboxylic acids is 1. The summed E-state index contributed by atoms with van der Waals surface area (Å²) in [5.74, 6) is 1.53. The summed E-state index contributed by atoms with van der Waals surface area (Å²) in [4.78, 5) is 19.6. The Kier molecular flexibility index (Phi) is 4.40. The summed E-state index contributed by atoms with van der Waals surface area (Å²) in [6, 6.07) is 10.6. The number of aromatic nitrogens is 3. The minimum absolute atomic E-state index is 0.0706. The van der Waals surface area contributed by atoms with Crippen LogP contribution in [0.5, 0.6) is 5.75 Å². The van der Waals surface area contributed by atoms with E-state index in [0.29, 0.717) is 23.2 Å². The number of rotatable bonds is 6. The van der Waals surface area contributed by atoms with E-state index in [2.05, 4.69) is 19.9 Å². The fourth-order valence-corrected chi connectivity index (χ4v) is 2.26. The van der Waals surface area contributed by atoms with Crippen LogP contribution in [0.3, 0.4) is 0 Å². The van der Waals surface area contributed by atoms with Crippen molar-refractivity contribution in [1.29, 1.82) is 0 Å². The topological polar surface area (TPSA) is 114 Å². The van der Waals surface area contributed by atoms with Gasteiger partial charge < -0.3 is 22.8 Å². The molecule has 3 aromatic heterocycles. The summed E-state index contributed by atoms with van der Waals surface area (Å²) in [6.45, 7) is 0.0706. The molecule has 0 radical (unpaired) electrons. The zero-order chi connectivity index (χ0) is 18.6. The minimum atomic E-state index is -0.566. The van der Waals surface area contributed by atoms with Crippen LogP contribution in [-0.2, 0) is 11.3 Å². The SMILES string of the molecule is COC(=O)c1coc(COc2ccc(-c3noc(-c4ccco4)n3)cc2)n1. The molecule has 0 aliphatic rings. The van der Waals surface area contributed by atoms with Crippen molar-refractivity contribution in [2.75, 3.05) is 7.11 Å². The van der Waals surface area contributed by atoms with E-state index in [4.69, 9.17) is 18.1 Å². The summed E-state index contributed by atoms with van der Waals surface area (Å²) in [5.41, 5.74) is 0.851. The molecule has 0 unspecified atom stereocenters. The highest BCUT2D eigenvalue weighted by atomic mass is 16.5. The Labute approximate surface area is 152 Å². The first kappa shape index (κ1) is 16.6. The van der Waals surface area contributed by atoms with E-state index >= 15 is 0 Å². The number of methoxy groups -OCH3 is 1. The van der Waals surface area contributed by atoms with Gasteiger partial charge in [0.25, 0.3) is 5.89 Å². The third-order valence-electron chi connectivity index (χ3n) is 3.58. The van der Waals surface area contributed by atoms with Crippen molar-refractivity contribution >= 4 is 5.97 Å². The normalized spacial score (nSPS) is 10.7. The molecule has 0 saturated carbocycles. The van der Waals surface area contributed by atoms with Crippen molar-refractivity contribution in [3.63, 3.8) is 0 Å². The smallest absolute Gasteiger partial charge is 0.360 e. The second-order valence-corrected chi connectivity index (χ2v) is 5.33. The number of hydrogen-bond donors (Lipinski definition) is 0. The van der Waals surface area contributed by atoms with Crippen LogP contribution >= 0.6 is 0 Å². The molecule has 0 aliphatic carbocycles. The van der Waals surface area contributed by atoms with Gasteiger partial charge in [-0.1, -0.05) is 5.16 Å². The largest absolute Gasteiger partial charge is 0.484 e. The Morgan fingerprint density at radius 1 is 1.11 bits per heavy atom. The first-order valence-corrected chi connectivity index (χ1v) is 7.86. The van der Waals surface area contributed by atoms with Gasteiger partial charge in [-0.3, -0.25) is 0 Å². The maximum absolute atomic E-state index is 11.3. The van der Waals surface area contributed by atoms with E-state index in [0.717, 1.165) is 5.56 Å². The summed E-state index contributed by atoms with van der Waals surface area (Å²) < 4.78 is 25.7. The van der Waals surface area contributed by atoms with Gasteiger partial charge in [0.1, 0.15) is 12.0 Å². The molecule has 9 nitrogen and oxygen atoms in total. The van der Waals surface area contributed by atoms with Gasteiger partial charge in [0.2, 0.25) is 11.7 Å². The Hall–Kier alpha value is -3.88. The van der Waals surface area contributed by atoms with Gasteiger partial charge in [0.05, 0.1) is 13.4 Å². The number of carbonyl (C=O) groups is 1. The van der Waals surface area contributed by atoms with Crippen molar-refractivity contribution < 1.29 is 27.6 Å². The molecule has 9 heteroatoms. The quantitative estimate of drug-likeness (QED) is 0.473. The van der Waals surface area contributed by atoms with E-state index in [9.17, 15) is 4.79 Å². The van der Waals surface area contributed by atoms with E-state index in [-0.39, 0.29) is 18.2 Å². The Balaban J connectivity index is 1.40. The van der Waals surface area contributed by atoms with Crippen molar-refractivity contribution in [1.82, 2.24) is 15.1 Å². The number of benzene rings is 1. The van der Waals surface area contributed by atoms with E-state index in [1.165, 1.54) is 19.6 Å². The van der Waals surface area contributed by atoms with Gasteiger partial charge in [-0.2, -0.15) is 4.98 Å². The number of esters is 1. The number of hydrogen-bond acceptors (Lipinski definition) is 9. The average molecular weight is 367 g/mol. The molecule has 0 aliphatic heterocycles. The lowest BCUT2D eigenvalue weighted by Crippen LogP contribution is -2.02. The highest BCUT2D eigenvalue weighted by molar-refractivity contribution is 5.86. The zero-order valence-electron chi connectivity index (χ0n) is 14.1. The van der Waals surface area contributed by atoms with Crippen LogP contribution in [0, 0.1) is 0 Å². The van der Waals surface area contributed by atoms with E-state index in [1.807, 2.05) is 0 Å². The van der Waals surface area contributed by atoms with Crippen LogP contribution in [0.4, 0.5) is 0 Å². The lowest BCUT2D eigenvalue weighted by Gasteiger charge is -2.03. The third-order valence-corrected chi connectivity index (χ3v) is 3.58. The van der Waals surface area contributed by atoms with Crippen LogP contribution < -0.4 is 4.74 Å². The standard InChI is InChI=1S/C18H13N3O6/c1-23-18(22)13-9-26-15(19-13)10-25-12-6-4-11(5-7-12)16-20-17(27-21-16)14-3-2-8-24-14/h2-9H,10H2,1H3. The molecule has 0 bridgehead atoms. The predicted molar refractivity (Wildman–Crippen MR) is 89.6 cm³/mol. The van der Waals surface area contributed by atoms with Gasteiger partial charge in [-0.25, -0.2) is 9.78 Å². The molecule has 136 valence electrons. The van der Waals surface area contributed by atoms with Crippen molar-refractivity contribution in [2.45, 2.75) is 6.61 Å². The van der Waals surface area contributed by atoms with Crippen LogP contribution in [-0.4, -0.2) is 28.2 Å².